The van der Waals surface area contributed by atoms with Crippen LogP contribution in [0.5, 0.6) is 0 Å². The number of nitriles is 1. The number of nitrogens with zero attached hydrogens (tertiary/aromatic N) is 3. The summed E-state index contributed by atoms with van der Waals surface area (Å²) in [5.74, 6) is 0.566. The minimum atomic E-state index is -4.83. The Morgan fingerprint density at radius 1 is 1.38 bits per heavy atom. The summed E-state index contributed by atoms with van der Waals surface area (Å²) in [6.07, 6.45) is -1.08. The maximum atomic E-state index is 13.2. The molecule has 4 rings (SSSR count). The molecule has 7 nitrogen and oxygen atoms in total. The number of rotatable bonds is 6. The molecule has 1 aromatic carbocycles. The van der Waals surface area contributed by atoms with Crippen LogP contribution in [0.25, 0.3) is 10.9 Å². The number of nitrogens with one attached hydrogen (secondary N) is 2. The number of anilines is 2. The Bertz CT molecular complexity index is 1270. The van der Waals surface area contributed by atoms with E-state index in [1.807, 2.05) is 0 Å². The molecule has 32 heavy (non-hydrogen) atoms. The summed E-state index contributed by atoms with van der Waals surface area (Å²) >= 11 is 0. The average Bonchev–Trinajstić information content (AvgIpc) is 3.48. The van der Waals surface area contributed by atoms with Crippen molar-refractivity contribution in [2.24, 2.45) is 5.92 Å². The molecule has 168 valence electrons. The van der Waals surface area contributed by atoms with Crippen LogP contribution in [0.15, 0.2) is 35.3 Å². The molecular weight excluding hydrogens is 423 g/mol. The second kappa shape index (κ2) is 7.67. The highest BCUT2D eigenvalue weighted by Crippen LogP contribution is 2.43. The maximum Gasteiger partial charge on any atom is 0.421 e. The molecule has 0 bridgehead atoms. The number of H-pyrrole nitrogens is 1. The van der Waals surface area contributed by atoms with E-state index in [0.29, 0.717) is 29.4 Å². The van der Waals surface area contributed by atoms with Gasteiger partial charge in [0, 0.05) is 11.9 Å². The number of benzene rings is 1. The highest BCUT2D eigenvalue weighted by Gasteiger charge is 2.51. The zero-order valence-corrected chi connectivity index (χ0v) is 17.5. The SMILES string of the molecule is Cc1cc(Nc2nn([C@@H](CC#N)C3CC3)c3cc[nH]c(=O)c23)ccc1[C@](C)(O)C(F)(F)F. The van der Waals surface area contributed by atoms with E-state index in [-0.39, 0.29) is 35.0 Å². The van der Waals surface area contributed by atoms with Gasteiger partial charge in [0.25, 0.3) is 5.56 Å². The molecule has 10 heteroatoms. The van der Waals surface area contributed by atoms with Gasteiger partial charge >= 0.3 is 6.18 Å². The zero-order valence-electron chi connectivity index (χ0n) is 17.5. The van der Waals surface area contributed by atoms with Gasteiger partial charge in [-0.05, 0) is 61.9 Å². The van der Waals surface area contributed by atoms with Crippen LogP contribution in [0.3, 0.4) is 0 Å². The van der Waals surface area contributed by atoms with Crippen molar-refractivity contribution in [3.63, 3.8) is 0 Å². The monoisotopic (exact) mass is 445 g/mol. The Balaban J connectivity index is 1.75. The van der Waals surface area contributed by atoms with Crippen molar-refractivity contribution in [1.82, 2.24) is 14.8 Å². The first kappa shape index (κ1) is 21.9. The molecule has 1 fully saturated rings. The van der Waals surface area contributed by atoms with Gasteiger partial charge in [-0.15, -0.1) is 0 Å². The molecule has 0 spiro atoms. The van der Waals surface area contributed by atoms with Gasteiger partial charge in [-0.1, -0.05) is 6.07 Å². The number of fused-ring (bicyclic) bond motifs is 1. The van der Waals surface area contributed by atoms with Crippen LogP contribution < -0.4 is 10.9 Å². The van der Waals surface area contributed by atoms with Gasteiger partial charge in [-0.3, -0.25) is 9.48 Å². The number of aromatic amines is 1. The lowest BCUT2D eigenvalue weighted by Gasteiger charge is -2.28. The minimum absolute atomic E-state index is 0.161. The maximum absolute atomic E-state index is 13.2. The van der Waals surface area contributed by atoms with Crippen molar-refractivity contribution in [1.29, 1.82) is 5.26 Å². The van der Waals surface area contributed by atoms with Gasteiger partial charge < -0.3 is 15.4 Å². The predicted octanol–water partition coefficient (Wildman–Crippen LogP) is 4.41. The van der Waals surface area contributed by atoms with E-state index in [1.54, 1.807) is 10.7 Å². The first-order chi connectivity index (χ1) is 15.0. The third kappa shape index (κ3) is 3.73. The van der Waals surface area contributed by atoms with E-state index in [4.69, 9.17) is 0 Å². The second-order valence-electron chi connectivity index (χ2n) is 8.35. The lowest BCUT2D eigenvalue weighted by Crippen LogP contribution is -2.39. The number of pyridine rings is 1. The van der Waals surface area contributed by atoms with E-state index in [0.717, 1.165) is 12.8 Å². The summed E-state index contributed by atoms with van der Waals surface area (Å²) in [5.41, 5.74) is -2.38. The Kier molecular flexibility index (Phi) is 5.25. The van der Waals surface area contributed by atoms with Gasteiger partial charge in [-0.2, -0.15) is 23.5 Å². The normalized spacial score (nSPS) is 17.0. The molecule has 0 amide bonds. The van der Waals surface area contributed by atoms with Gasteiger partial charge in [0.1, 0.15) is 5.39 Å². The standard InChI is InChI=1S/C22H22F3N5O2/c1-12-11-14(5-6-15(12)21(2,32)22(23,24)25)28-19-18-17(8-10-27-20(18)31)30(29-19)16(7-9-26)13-3-4-13/h5-6,8,10-11,13,16,32H,3-4,7H2,1-2H3,(H,27,31)(H,28,29)/t16-,21-/m0/s1. The van der Waals surface area contributed by atoms with E-state index in [9.17, 15) is 28.3 Å². The molecule has 2 aromatic heterocycles. The number of hydrogen-bond donors (Lipinski definition) is 3. The molecule has 0 unspecified atom stereocenters. The lowest BCUT2D eigenvalue weighted by atomic mass is 9.91. The molecule has 2 heterocycles. The van der Waals surface area contributed by atoms with Crippen molar-refractivity contribution >= 4 is 22.4 Å². The van der Waals surface area contributed by atoms with Gasteiger partial charge in [-0.25, -0.2) is 0 Å². The Labute approximate surface area is 181 Å². The van der Waals surface area contributed by atoms with E-state index >= 15 is 0 Å². The number of aryl methyl sites for hydroxylation is 1. The summed E-state index contributed by atoms with van der Waals surface area (Å²) in [4.78, 5) is 15.2. The van der Waals surface area contributed by atoms with Crippen molar-refractivity contribution in [2.75, 3.05) is 5.32 Å². The molecule has 0 radical (unpaired) electrons. The number of hydrogen-bond acceptors (Lipinski definition) is 5. The molecule has 0 saturated heterocycles. The summed E-state index contributed by atoms with van der Waals surface area (Å²) in [6.45, 7) is 2.19. The van der Waals surface area contributed by atoms with Gasteiger partial charge in [0.2, 0.25) is 0 Å². The number of aliphatic hydroxyl groups is 1. The Morgan fingerprint density at radius 2 is 2.09 bits per heavy atom. The molecule has 3 N–H and O–H groups in total. The van der Waals surface area contributed by atoms with Crippen molar-refractivity contribution < 1.29 is 18.3 Å². The van der Waals surface area contributed by atoms with E-state index in [1.165, 1.54) is 31.3 Å². The quantitative estimate of drug-likeness (QED) is 0.521. The topological polar surface area (TPSA) is 107 Å². The number of halogens is 3. The molecule has 3 aromatic rings. The van der Waals surface area contributed by atoms with Crippen LogP contribution in [0.2, 0.25) is 0 Å². The van der Waals surface area contributed by atoms with Crippen LogP contribution in [0.1, 0.15) is 43.4 Å². The van der Waals surface area contributed by atoms with E-state index < -0.39 is 11.8 Å². The van der Waals surface area contributed by atoms with Crippen LogP contribution in [0, 0.1) is 24.2 Å². The Morgan fingerprint density at radius 3 is 2.69 bits per heavy atom. The number of alkyl halides is 3. The van der Waals surface area contributed by atoms with Crippen molar-refractivity contribution in [3.05, 3.63) is 51.9 Å². The molecule has 1 aliphatic rings. The first-order valence-corrected chi connectivity index (χ1v) is 10.2. The molecule has 1 aliphatic carbocycles. The van der Waals surface area contributed by atoms with Crippen LogP contribution in [-0.4, -0.2) is 26.0 Å². The fourth-order valence-electron chi connectivity index (χ4n) is 4.04. The van der Waals surface area contributed by atoms with Gasteiger partial charge in [0.15, 0.2) is 11.4 Å². The van der Waals surface area contributed by atoms with Crippen LogP contribution in [0.4, 0.5) is 24.7 Å². The smallest absolute Gasteiger partial charge is 0.376 e. The summed E-state index contributed by atoms with van der Waals surface area (Å²) in [6, 6.07) is 7.81. The van der Waals surface area contributed by atoms with Crippen molar-refractivity contribution in [3.8, 4) is 6.07 Å². The second-order valence-corrected chi connectivity index (χ2v) is 8.35. The van der Waals surface area contributed by atoms with Crippen LogP contribution >= 0.6 is 0 Å². The number of aromatic nitrogens is 3. The lowest BCUT2D eigenvalue weighted by molar-refractivity contribution is -0.259. The third-order valence-electron chi connectivity index (χ3n) is 5.98. The average molecular weight is 445 g/mol. The highest BCUT2D eigenvalue weighted by atomic mass is 19.4. The van der Waals surface area contributed by atoms with Gasteiger partial charge in [0.05, 0.1) is 24.0 Å². The molecule has 1 saturated carbocycles. The molecular formula is C22H22F3N5O2. The fraction of sp³-hybridized carbons (Fsp3) is 0.409. The fourth-order valence-corrected chi connectivity index (χ4v) is 4.04. The van der Waals surface area contributed by atoms with Crippen LogP contribution in [-0.2, 0) is 5.60 Å². The Hall–Kier alpha value is -3.32. The summed E-state index contributed by atoms with van der Waals surface area (Å²) in [5, 5.41) is 27.2. The molecule has 2 atom stereocenters. The largest absolute Gasteiger partial charge is 0.421 e. The zero-order chi connectivity index (χ0) is 23.3. The highest BCUT2D eigenvalue weighted by molar-refractivity contribution is 5.91. The van der Waals surface area contributed by atoms with E-state index in [2.05, 4.69) is 21.5 Å². The third-order valence-corrected chi connectivity index (χ3v) is 5.98. The minimum Gasteiger partial charge on any atom is -0.376 e. The summed E-state index contributed by atoms with van der Waals surface area (Å²) in [7, 11) is 0. The summed E-state index contributed by atoms with van der Waals surface area (Å²) < 4.78 is 41.4. The molecule has 0 aliphatic heterocycles. The van der Waals surface area contributed by atoms with Crippen molar-refractivity contribution in [2.45, 2.75) is 50.9 Å². The first-order valence-electron chi connectivity index (χ1n) is 10.2. The predicted molar refractivity (Wildman–Crippen MR) is 112 cm³/mol.